The highest BCUT2D eigenvalue weighted by Gasteiger charge is 2.60. The van der Waals surface area contributed by atoms with Gasteiger partial charge in [0.1, 0.15) is 11.2 Å². The van der Waals surface area contributed by atoms with Crippen molar-refractivity contribution in [2.75, 3.05) is 13.1 Å². The van der Waals surface area contributed by atoms with Crippen molar-refractivity contribution in [1.29, 1.82) is 0 Å². The van der Waals surface area contributed by atoms with Crippen molar-refractivity contribution in [3.63, 3.8) is 0 Å². The molecule has 0 bridgehead atoms. The lowest BCUT2D eigenvalue weighted by molar-refractivity contribution is -0.214. The lowest BCUT2D eigenvalue weighted by Gasteiger charge is -2.28. The van der Waals surface area contributed by atoms with Gasteiger partial charge in [0.15, 0.2) is 5.78 Å². The molecule has 0 aromatic carbocycles. The van der Waals surface area contributed by atoms with E-state index in [0.717, 1.165) is 0 Å². The second-order valence-corrected chi connectivity index (χ2v) is 4.19. The van der Waals surface area contributed by atoms with Crippen LogP contribution in [0, 0.1) is 5.41 Å². The van der Waals surface area contributed by atoms with Gasteiger partial charge in [-0.3, -0.25) is 4.79 Å². The Morgan fingerprint density at radius 3 is 2.76 bits per heavy atom. The molecule has 1 N–H and O–H groups in total. The lowest BCUT2D eigenvalue weighted by atomic mass is 9.80. The predicted octanol–water partition coefficient (Wildman–Crippen LogP) is 1.93. The van der Waals surface area contributed by atoms with E-state index in [1.54, 1.807) is 6.07 Å². The first-order valence-corrected chi connectivity index (χ1v) is 5.29. The van der Waals surface area contributed by atoms with Crippen molar-refractivity contribution in [2.24, 2.45) is 5.41 Å². The standard InChI is InChI=1S/C11H12F3NO2/c12-11(13,14)10(3-4-15-7-10)9(16)6-8-2-1-5-17-8/h1-2,5,15H,3-4,6-7H2. The average molecular weight is 247 g/mol. The van der Waals surface area contributed by atoms with E-state index in [-0.39, 0.29) is 31.7 Å². The van der Waals surface area contributed by atoms with Gasteiger partial charge in [0.25, 0.3) is 0 Å². The Morgan fingerprint density at radius 1 is 1.53 bits per heavy atom. The minimum Gasteiger partial charge on any atom is -0.469 e. The SMILES string of the molecule is O=C(Cc1ccco1)C1(C(F)(F)F)CCNC1. The number of carbonyl (C=O) groups excluding carboxylic acids is 1. The van der Waals surface area contributed by atoms with Crippen LogP contribution in [0.5, 0.6) is 0 Å². The highest BCUT2D eigenvalue weighted by Crippen LogP contribution is 2.44. The zero-order valence-corrected chi connectivity index (χ0v) is 9.01. The number of Topliss-reactive ketones (excluding diaryl/α,β-unsaturated/α-hetero) is 1. The number of hydrogen-bond donors (Lipinski definition) is 1. The predicted molar refractivity (Wildman–Crippen MR) is 53.4 cm³/mol. The van der Waals surface area contributed by atoms with Gasteiger partial charge >= 0.3 is 6.18 Å². The van der Waals surface area contributed by atoms with Crippen molar-refractivity contribution in [3.8, 4) is 0 Å². The van der Waals surface area contributed by atoms with Crippen molar-refractivity contribution in [1.82, 2.24) is 5.32 Å². The van der Waals surface area contributed by atoms with Gasteiger partial charge in [-0.1, -0.05) is 0 Å². The summed E-state index contributed by atoms with van der Waals surface area (Å²) in [5.41, 5.74) is -2.25. The van der Waals surface area contributed by atoms with Crippen LogP contribution in [-0.2, 0) is 11.2 Å². The smallest absolute Gasteiger partial charge is 0.402 e. The molecule has 2 heterocycles. The van der Waals surface area contributed by atoms with Gasteiger partial charge in [-0.25, -0.2) is 0 Å². The molecule has 0 aliphatic carbocycles. The number of nitrogens with one attached hydrogen (secondary N) is 1. The fraction of sp³-hybridized carbons (Fsp3) is 0.545. The summed E-state index contributed by atoms with van der Waals surface area (Å²) < 4.78 is 43.9. The molecule has 1 atom stereocenters. The topological polar surface area (TPSA) is 42.2 Å². The maximum absolute atomic E-state index is 13.0. The number of alkyl halides is 3. The van der Waals surface area contributed by atoms with Crippen LogP contribution >= 0.6 is 0 Å². The summed E-state index contributed by atoms with van der Waals surface area (Å²) in [6, 6.07) is 3.06. The Labute approximate surface area is 96.0 Å². The number of furan rings is 1. The Kier molecular flexibility index (Phi) is 2.99. The molecule has 17 heavy (non-hydrogen) atoms. The zero-order valence-electron chi connectivity index (χ0n) is 9.01. The summed E-state index contributed by atoms with van der Waals surface area (Å²) in [6.07, 6.45) is -3.68. The van der Waals surface area contributed by atoms with Gasteiger partial charge in [-0.15, -0.1) is 0 Å². The number of rotatable bonds is 3. The van der Waals surface area contributed by atoms with E-state index in [1.165, 1.54) is 12.3 Å². The summed E-state index contributed by atoms with van der Waals surface area (Å²) in [4.78, 5) is 11.9. The lowest BCUT2D eigenvalue weighted by Crippen LogP contribution is -2.47. The molecule has 3 nitrogen and oxygen atoms in total. The van der Waals surface area contributed by atoms with Gasteiger partial charge in [-0.05, 0) is 25.1 Å². The molecule has 0 spiro atoms. The van der Waals surface area contributed by atoms with E-state index < -0.39 is 17.4 Å². The van der Waals surface area contributed by atoms with Gasteiger partial charge in [0.2, 0.25) is 0 Å². The summed E-state index contributed by atoms with van der Waals surface area (Å²) in [5, 5.41) is 2.61. The van der Waals surface area contributed by atoms with Crippen LogP contribution in [0.15, 0.2) is 22.8 Å². The van der Waals surface area contributed by atoms with Gasteiger partial charge in [0.05, 0.1) is 12.7 Å². The summed E-state index contributed by atoms with van der Waals surface area (Å²) in [6.45, 7) is -0.126. The minimum absolute atomic E-state index is 0.198. The normalized spacial score (nSPS) is 25.1. The van der Waals surface area contributed by atoms with Crippen molar-refractivity contribution < 1.29 is 22.4 Å². The molecular weight excluding hydrogens is 235 g/mol. The minimum atomic E-state index is -4.51. The van der Waals surface area contributed by atoms with Crippen LogP contribution in [0.25, 0.3) is 0 Å². The molecule has 0 amide bonds. The molecule has 1 aromatic heterocycles. The molecule has 1 fully saturated rings. The molecular formula is C11H12F3NO2. The quantitative estimate of drug-likeness (QED) is 0.887. The highest BCUT2D eigenvalue weighted by atomic mass is 19.4. The van der Waals surface area contributed by atoms with Crippen LogP contribution in [0.3, 0.4) is 0 Å². The zero-order chi connectivity index (χ0) is 12.5. The number of halogens is 3. The number of carbonyl (C=O) groups is 1. The van der Waals surface area contributed by atoms with E-state index in [2.05, 4.69) is 5.32 Å². The van der Waals surface area contributed by atoms with Crippen LogP contribution in [0.2, 0.25) is 0 Å². The molecule has 94 valence electrons. The molecule has 2 rings (SSSR count). The van der Waals surface area contributed by atoms with E-state index in [4.69, 9.17) is 4.42 Å². The second-order valence-electron chi connectivity index (χ2n) is 4.19. The maximum Gasteiger partial charge on any atom is 0.402 e. The third-order valence-electron chi connectivity index (χ3n) is 3.15. The van der Waals surface area contributed by atoms with E-state index in [1.807, 2.05) is 0 Å². The molecule has 1 aliphatic heterocycles. The fourth-order valence-electron chi connectivity index (χ4n) is 2.07. The second kappa shape index (κ2) is 4.18. The summed E-state index contributed by atoms with van der Waals surface area (Å²) >= 11 is 0. The Morgan fingerprint density at radius 2 is 2.29 bits per heavy atom. The van der Waals surface area contributed by atoms with Crippen molar-refractivity contribution >= 4 is 5.78 Å². The maximum atomic E-state index is 13.0. The van der Waals surface area contributed by atoms with Crippen LogP contribution in [0.1, 0.15) is 12.2 Å². The third kappa shape index (κ3) is 2.09. The molecule has 1 saturated heterocycles. The number of ketones is 1. The summed E-state index contributed by atoms with van der Waals surface area (Å²) in [7, 11) is 0. The average Bonchev–Trinajstić information content (AvgIpc) is 2.85. The van der Waals surface area contributed by atoms with Crippen LogP contribution in [0.4, 0.5) is 13.2 Å². The molecule has 6 heteroatoms. The van der Waals surface area contributed by atoms with Crippen LogP contribution in [-0.4, -0.2) is 25.0 Å². The molecule has 1 unspecified atom stereocenters. The van der Waals surface area contributed by atoms with Crippen LogP contribution < -0.4 is 5.32 Å². The van der Waals surface area contributed by atoms with Crippen molar-refractivity contribution in [3.05, 3.63) is 24.2 Å². The molecule has 1 aliphatic rings. The van der Waals surface area contributed by atoms with E-state index >= 15 is 0 Å². The van der Waals surface area contributed by atoms with Gasteiger partial charge in [0, 0.05) is 6.54 Å². The highest BCUT2D eigenvalue weighted by molar-refractivity contribution is 5.87. The van der Waals surface area contributed by atoms with Gasteiger partial charge in [-0.2, -0.15) is 13.2 Å². The third-order valence-corrected chi connectivity index (χ3v) is 3.15. The Balaban J connectivity index is 2.20. The van der Waals surface area contributed by atoms with E-state index in [0.29, 0.717) is 0 Å². The fourth-order valence-corrected chi connectivity index (χ4v) is 2.07. The molecule has 0 saturated carbocycles. The van der Waals surface area contributed by atoms with E-state index in [9.17, 15) is 18.0 Å². The molecule has 0 radical (unpaired) electrons. The molecule has 1 aromatic rings. The van der Waals surface area contributed by atoms with Crippen molar-refractivity contribution in [2.45, 2.75) is 19.0 Å². The monoisotopic (exact) mass is 247 g/mol. The summed E-state index contributed by atoms with van der Waals surface area (Å²) in [5.74, 6) is -0.560. The first kappa shape index (κ1) is 12.2. The van der Waals surface area contributed by atoms with Gasteiger partial charge < -0.3 is 9.73 Å². The largest absolute Gasteiger partial charge is 0.469 e. The first-order valence-electron chi connectivity index (χ1n) is 5.29. The number of hydrogen-bond acceptors (Lipinski definition) is 3. The first-order chi connectivity index (χ1) is 7.96. The Bertz CT molecular complexity index is 391. The Hall–Kier alpha value is -1.30.